The number of alkyl halides is 6. The Kier molecular flexibility index (Phi) is 5.28. The molecule has 0 amide bonds. The fourth-order valence-corrected chi connectivity index (χ4v) is 2.19. The van der Waals surface area contributed by atoms with Crippen LogP contribution in [0, 0.1) is 6.92 Å². The minimum atomic E-state index is -4.85. The second-order valence-corrected chi connectivity index (χ2v) is 6.11. The lowest BCUT2D eigenvalue weighted by atomic mass is 10.0. The highest BCUT2D eigenvalue weighted by atomic mass is 19.4. The molecule has 1 aromatic heterocycles. The van der Waals surface area contributed by atoms with E-state index in [1.54, 1.807) is 0 Å². The largest absolute Gasteiger partial charge is 0.507 e. The van der Waals surface area contributed by atoms with Gasteiger partial charge in [-0.05, 0) is 43.7 Å². The normalized spacial score (nSPS) is 14.7. The zero-order valence-electron chi connectivity index (χ0n) is 14.1. The number of phenols is 1. The molecule has 0 bridgehead atoms. The van der Waals surface area contributed by atoms with Crippen molar-refractivity contribution in [3.05, 3.63) is 35.4 Å². The fraction of sp³-hybridized carbons (Fsp3) is 0.375. The second-order valence-electron chi connectivity index (χ2n) is 6.11. The van der Waals surface area contributed by atoms with E-state index in [1.807, 2.05) is 0 Å². The molecule has 1 atom stereocenters. The van der Waals surface area contributed by atoms with Gasteiger partial charge in [0.25, 0.3) is 0 Å². The molecule has 148 valence electrons. The second kappa shape index (κ2) is 6.87. The summed E-state index contributed by atoms with van der Waals surface area (Å²) in [5, 5.41) is 28.9. The number of nitrogens with one attached hydrogen (secondary N) is 1. The zero-order valence-corrected chi connectivity index (χ0v) is 14.1. The Bertz CT molecular complexity index is 793. The summed E-state index contributed by atoms with van der Waals surface area (Å²) in [6, 6.07) is 3.89. The van der Waals surface area contributed by atoms with Crippen LogP contribution >= 0.6 is 0 Å². The average Bonchev–Trinajstić information content (AvgIpc) is 2.51. The number of aliphatic hydroxyl groups is 1. The molecule has 0 fully saturated rings. The molecule has 2 aromatic rings. The van der Waals surface area contributed by atoms with Gasteiger partial charge in [-0.3, -0.25) is 0 Å². The van der Waals surface area contributed by atoms with Gasteiger partial charge in [-0.15, -0.1) is 10.2 Å². The first-order valence-electron chi connectivity index (χ1n) is 7.50. The molecule has 11 heteroatoms. The number of aryl methyl sites for hydroxylation is 1. The number of hydrogen-bond acceptors (Lipinski definition) is 5. The summed E-state index contributed by atoms with van der Waals surface area (Å²) in [4.78, 5) is 0. The number of rotatable bonds is 4. The molecule has 0 radical (unpaired) electrons. The van der Waals surface area contributed by atoms with Crippen molar-refractivity contribution in [2.24, 2.45) is 0 Å². The first-order chi connectivity index (χ1) is 12.2. The molecule has 1 unspecified atom stereocenters. The van der Waals surface area contributed by atoms with Crippen molar-refractivity contribution >= 4 is 5.82 Å². The van der Waals surface area contributed by atoms with Crippen LogP contribution in [0.4, 0.5) is 32.2 Å². The fourth-order valence-electron chi connectivity index (χ4n) is 2.19. The third-order valence-corrected chi connectivity index (χ3v) is 3.79. The third-order valence-electron chi connectivity index (χ3n) is 3.79. The summed E-state index contributed by atoms with van der Waals surface area (Å²) in [5.74, 6) is -0.746. The van der Waals surface area contributed by atoms with Crippen molar-refractivity contribution < 1.29 is 36.6 Å². The van der Waals surface area contributed by atoms with Crippen molar-refractivity contribution in [3.8, 4) is 17.0 Å². The van der Waals surface area contributed by atoms with Crippen molar-refractivity contribution in [2.45, 2.75) is 31.8 Å². The molecule has 1 aromatic carbocycles. The summed E-state index contributed by atoms with van der Waals surface area (Å²) in [7, 11) is 0. The SMILES string of the molecule is Cc1cc(C(F)(F)F)cc(O)c1-c1ccc(NCC(C)(O)C(F)(F)F)nn1. The predicted molar refractivity (Wildman–Crippen MR) is 84.0 cm³/mol. The Morgan fingerprint density at radius 2 is 1.67 bits per heavy atom. The van der Waals surface area contributed by atoms with Crippen LogP contribution in [0.1, 0.15) is 18.1 Å². The van der Waals surface area contributed by atoms with Crippen LogP contribution in [-0.4, -0.2) is 38.7 Å². The van der Waals surface area contributed by atoms with E-state index in [0.717, 1.165) is 6.07 Å². The van der Waals surface area contributed by atoms with Gasteiger partial charge < -0.3 is 15.5 Å². The summed E-state index contributed by atoms with van der Waals surface area (Å²) in [6.07, 6.45) is -9.48. The van der Waals surface area contributed by atoms with E-state index in [4.69, 9.17) is 0 Å². The molecule has 0 aliphatic rings. The number of hydrogen-bond donors (Lipinski definition) is 3. The van der Waals surface area contributed by atoms with Crippen molar-refractivity contribution in [2.75, 3.05) is 11.9 Å². The maximum atomic E-state index is 12.8. The van der Waals surface area contributed by atoms with Crippen LogP contribution in [0.3, 0.4) is 0 Å². The smallest absolute Gasteiger partial charge is 0.418 e. The highest BCUT2D eigenvalue weighted by molar-refractivity contribution is 5.71. The van der Waals surface area contributed by atoms with Crippen molar-refractivity contribution in [3.63, 3.8) is 0 Å². The van der Waals surface area contributed by atoms with E-state index in [1.165, 1.54) is 19.1 Å². The van der Waals surface area contributed by atoms with E-state index in [2.05, 4.69) is 15.5 Å². The molecular weight excluding hydrogens is 380 g/mol. The Morgan fingerprint density at radius 3 is 2.11 bits per heavy atom. The molecule has 0 aliphatic carbocycles. The van der Waals surface area contributed by atoms with Gasteiger partial charge in [0.1, 0.15) is 11.6 Å². The van der Waals surface area contributed by atoms with E-state index in [-0.39, 0.29) is 22.6 Å². The van der Waals surface area contributed by atoms with Crippen LogP contribution in [0.2, 0.25) is 0 Å². The van der Waals surface area contributed by atoms with Gasteiger partial charge in [0.15, 0.2) is 5.60 Å². The highest BCUT2D eigenvalue weighted by Crippen LogP contribution is 2.38. The minimum Gasteiger partial charge on any atom is -0.507 e. The molecular formula is C16H15F6N3O2. The number of phenolic OH excluding ortho intramolecular Hbond substituents is 1. The lowest BCUT2D eigenvalue weighted by molar-refractivity contribution is -0.246. The summed E-state index contributed by atoms with van der Waals surface area (Å²) >= 11 is 0. The quantitative estimate of drug-likeness (QED) is 0.685. The van der Waals surface area contributed by atoms with Crippen molar-refractivity contribution in [1.82, 2.24) is 10.2 Å². The van der Waals surface area contributed by atoms with Gasteiger partial charge in [-0.25, -0.2) is 0 Å². The van der Waals surface area contributed by atoms with Gasteiger partial charge in [0.2, 0.25) is 0 Å². The minimum absolute atomic E-state index is 0.0179. The number of aromatic nitrogens is 2. The molecule has 5 nitrogen and oxygen atoms in total. The average molecular weight is 395 g/mol. The first kappa shape index (κ1) is 20.7. The van der Waals surface area contributed by atoms with Gasteiger partial charge in [0.05, 0.1) is 17.8 Å². The molecule has 0 aliphatic heterocycles. The van der Waals surface area contributed by atoms with E-state index >= 15 is 0 Å². The maximum Gasteiger partial charge on any atom is 0.418 e. The van der Waals surface area contributed by atoms with Gasteiger partial charge in [0, 0.05) is 5.56 Å². The number of nitrogens with zero attached hydrogens (tertiary/aromatic N) is 2. The summed E-state index contributed by atoms with van der Waals surface area (Å²) < 4.78 is 76.0. The Labute approximate surface area is 149 Å². The van der Waals surface area contributed by atoms with E-state index in [9.17, 15) is 36.6 Å². The zero-order chi connectivity index (χ0) is 20.6. The van der Waals surface area contributed by atoms with E-state index in [0.29, 0.717) is 13.0 Å². The maximum absolute atomic E-state index is 12.8. The molecule has 0 saturated heterocycles. The summed E-state index contributed by atoms with van der Waals surface area (Å²) in [6.45, 7) is 1.05. The molecule has 0 saturated carbocycles. The molecule has 2 rings (SSSR count). The molecule has 27 heavy (non-hydrogen) atoms. The van der Waals surface area contributed by atoms with Crippen LogP contribution in [0.15, 0.2) is 24.3 Å². The standard InChI is InChI=1S/C16H15F6N3O2/c1-8-5-9(15(17,18)19)6-11(26)13(8)10-3-4-12(25-24-10)23-7-14(2,27)16(20,21)22/h3-6,26-27H,7H2,1-2H3,(H,23,25). The molecule has 0 spiro atoms. The van der Waals surface area contributed by atoms with Crippen LogP contribution in [-0.2, 0) is 6.18 Å². The topological polar surface area (TPSA) is 78.3 Å². The Morgan fingerprint density at radius 1 is 1.04 bits per heavy atom. The Balaban J connectivity index is 2.23. The van der Waals surface area contributed by atoms with Crippen LogP contribution in [0.25, 0.3) is 11.3 Å². The predicted octanol–water partition coefficient (Wildman–Crippen LogP) is 3.90. The summed E-state index contributed by atoms with van der Waals surface area (Å²) in [5.41, 5.74) is -3.87. The Hall–Kier alpha value is -2.56. The van der Waals surface area contributed by atoms with Gasteiger partial charge >= 0.3 is 12.4 Å². The van der Waals surface area contributed by atoms with Crippen molar-refractivity contribution in [1.29, 1.82) is 0 Å². The monoisotopic (exact) mass is 395 g/mol. The number of halogens is 6. The lowest BCUT2D eigenvalue weighted by Crippen LogP contribution is -2.47. The molecule has 1 heterocycles. The lowest BCUT2D eigenvalue weighted by Gasteiger charge is -2.26. The van der Waals surface area contributed by atoms with Gasteiger partial charge in [-0.2, -0.15) is 26.3 Å². The van der Waals surface area contributed by atoms with Gasteiger partial charge in [-0.1, -0.05) is 0 Å². The highest BCUT2D eigenvalue weighted by Gasteiger charge is 2.49. The van der Waals surface area contributed by atoms with E-state index < -0.39 is 35.8 Å². The van der Waals surface area contributed by atoms with Crippen LogP contribution in [0.5, 0.6) is 5.75 Å². The number of aromatic hydroxyl groups is 1. The van der Waals surface area contributed by atoms with Crippen LogP contribution < -0.4 is 5.32 Å². The third kappa shape index (κ3) is 4.59. The molecule has 3 N–H and O–H groups in total. The number of benzene rings is 1. The number of anilines is 1. The first-order valence-corrected chi connectivity index (χ1v) is 7.50.